The lowest BCUT2D eigenvalue weighted by atomic mass is 9.82. The highest BCUT2D eigenvalue weighted by atomic mass is 35.5. The number of β-amino-alcohol motifs (C(OH)–C–C–N with tert-alkyl or cyclic N) is 1. The fraction of sp³-hybridized carbons (Fsp3) is 0.647. The number of hydrogen-bond acceptors (Lipinski definition) is 5. The standard InChI is InChI=1S/C17H28N2O4.ClH/c1-16(2,3)12-17(4,5)18-10-14(20)11-23-15-8-6-13(7-9-15)19(21)22;/h6-9,14,18,20H,10-12H2,1-5H3;1H. The summed E-state index contributed by atoms with van der Waals surface area (Å²) in [6.45, 7) is 11.3. The van der Waals surface area contributed by atoms with Crippen molar-refractivity contribution in [3.05, 3.63) is 34.4 Å². The summed E-state index contributed by atoms with van der Waals surface area (Å²) in [4.78, 5) is 10.1. The molecule has 7 heteroatoms. The molecule has 2 N–H and O–H groups in total. The molecule has 0 bridgehead atoms. The van der Waals surface area contributed by atoms with Crippen LogP contribution >= 0.6 is 12.4 Å². The molecule has 0 spiro atoms. The lowest BCUT2D eigenvalue weighted by Crippen LogP contribution is -2.46. The van der Waals surface area contributed by atoms with Crippen LogP contribution < -0.4 is 10.1 Å². The molecule has 1 aromatic rings. The molecule has 0 aliphatic rings. The Morgan fingerprint density at radius 3 is 2.21 bits per heavy atom. The highest BCUT2D eigenvalue weighted by Gasteiger charge is 2.25. The predicted molar refractivity (Wildman–Crippen MR) is 98.0 cm³/mol. The first-order chi connectivity index (χ1) is 10.5. The molecule has 0 radical (unpaired) electrons. The number of benzene rings is 1. The second-order valence-corrected chi connectivity index (χ2v) is 7.72. The van der Waals surface area contributed by atoms with E-state index in [1.807, 2.05) is 0 Å². The second-order valence-electron chi connectivity index (χ2n) is 7.72. The highest BCUT2D eigenvalue weighted by Crippen LogP contribution is 2.26. The zero-order chi connectivity index (χ0) is 17.7. The molecule has 6 nitrogen and oxygen atoms in total. The number of nitro benzene ring substituents is 1. The van der Waals surface area contributed by atoms with Gasteiger partial charge < -0.3 is 15.2 Å². The first-order valence-corrected chi connectivity index (χ1v) is 7.79. The van der Waals surface area contributed by atoms with Gasteiger partial charge in [-0.3, -0.25) is 10.1 Å². The van der Waals surface area contributed by atoms with E-state index >= 15 is 0 Å². The summed E-state index contributed by atoms with van der Waals surface area (Å²) >= 11 is 0. The number of aliphatic hydroxyl groups excluding tert-OH is 1. The van der Waals surface area contributed by atoms with Crippen molar-refractivity contribution >= 4 is 18.1 Å². The van der Waals surface area contributed by atoms with Gasteiger partial charge in [-0.2, -0.15) is 0 Å². The normalized spacial score (nSPS) is 13.1. The fourth-order valence-corrected chi connectivity index (χ4v) is 2.70. The Kier molecular flexibility index (Phi) is 8.68. The lowest BCUT2D eigenvalue weighted by molar-refractivity contribution is -0.384. The fourth-order valence-electron chi connectivity index (χ4n) is 2.70. The molecular weight excluding hydrogens is 332 g/mol. The highest BCUT2D eigenvalue weighted by molar-refractivity contribution is 5.85. The summed E-state index contributed by atoms with van der Waals surface area (Å²) in [6, 6.07) is 5.82. The molecule has 24 heavy (non-hydrogen) atoms. The zero-order valence-electron chi connectivity index (χ0n) is 15.0. The van der Waals surface area contributed by atoms with Gasteiger partial charge in [0, 0.05) is 24.2 Å². The van der Waals surface area contributed by atoms with Crippen molar-refractivity contribution in [2.45, 2.75) is 52.7 Å². The topological polar surface area (TPSA) is 84.6 Å². The Labute approximate surface area is 150 Å². The van der Waals surface area contributed by atoms with E-state index < -0.39 is 11.0 Å². The van der Waals surface area contributed by atoms with E-state index in [1.165, 1.54) is 24.3 Å². The third-order valence-corrected chi connectivity index (χ3v) is 3.28. The van der Waals surface area contributed by atoms with Crippen LogP contribution in [-0.2, 0) is 0 Å². The van der Waals surface area contributed by atoms with Gasteiger partial charge in [0.2, 0.25) is 0 Å². The molecule has 0 aliphatic heterocycles. The minimum atomic E-state index is -0.649. The minimum Gasteiger partial charge on any atom is -0.491 e. The van der Waals surface area contributed by atoms with E-state index in [9.17, 15) is 15.2 Å². The number of ether oxygens (including phenoxy) is 1. The van der Waals surface area contributed by atoms with Crippen LogP contribution in [0.4, 0.5) is 5.69 Å². The van der Waals surface area contributed by atoms with Crippen molar-refractivity contribution in [2.75, 3.05) is 13.2 Å². The Morgan fingerprint density at radius 2 is 1.75 bits per heavy atom. The van der Waals surface area contributed by atoms with E-state index in [4.69, 9.17) is 4.74 Å². The molecule has 138 valence electrons. The summed E-state index contributed by atoms with van der Waals surface area (Å²) in [7, 11) is 0. The average Bonchev–Trinajstić information content (AvgIpc) is 2.41. The van der Waals surface area contributed by atoms with Gasteiger partial charge in [-0.05, 0) is 37.8 Å². The third-order valence-electron chi connectivity index (χ3n) is 3.28. The van der Waals surface area contributed by atoms with Gasteiger partial charge in [0.25, 0.3) is 5.69 Å². The molecule has 1 unspecified atom stereocenters. The third kappa shape index (κ3) is 9.05. The smallest absolute Gasteiger partial charge is 0.269 e. The molecule has 1 aromatic carbocycles. The SMILES string of the molecule is CC(C)(C)CC(C)(C)NCC(O)COc1ccc([N+](=O)[O-])cc1.Cl. The number of non-ortho nitro benzene ring substituents is 1. The maximum absolute atomic E-state index is 10.6. The monoisotopic (exact) mass is 360 g/mol. The van der Waals surface area contributed by atoms with Crippen LogP contribution in [0.1, 0.15) is 41.0 Å². The molecule has 0 saturated heterocycles. The van der Waals surface area contributed by atoms with Crippen molar-refractivity contribution in [2.24, 2.45) is 5.41 Å². The molecular formula is C17H29ClN2O4. The molecule has 1 rings (SSSR count). The summed E-state index contributed by atoms with van der Waals surface area (Å²) in [6.07, 6.45) is 0.333. The molecule has 0 saturated carbocycles. The van der Waals surface area contributed by atoms with Crippen LogP contribution in [0.25, 0.3) is 0 Å². The van der Waals surface area contributed by atoms with Gasteiger partial charge in [0.1, 0.15) is 18.5 Å². The van der Waals surface area contributed by atoms with Crippen LogP contribution in [-0.4, -0.2) is 34.8 Å². The van der Waals surface area contributed by atoms with Crippen LogP contribution in [0.5, 0.6) is 5.75 Å². The largest absolute Gasteiger partial charge is 0.491 e. The molecule has 0 heterocycles. The summed E-state index contributed by atoms with van der Waals surface area (Å²) < 4.78 is 5.46. The first-order valence-electron chi connectivity index (χ1n) is 7.79. The van der Waals surface area contributed by atoms with Crippen molar-refractivity contribution in [3.8, 4) is 5.75 Å². The van der Waals surface area contributed by atoms with Gasteiger partial charge in [-0.25, -0.2) is 0 Å². The van der Waals surface area contributed by atoms with Crippen molar-refractivity contribution in [1.82, 2.24) is 5.32 Å². The number of rotatable bonds is 8. The number of nitro groups is 1. The van der Waals surface area contributed by atoms with Crippen molar-refractivity contribution < 1.29 is 14.8 Å². The van der Waals surface area contributed by atoms with Gasteiger partial charge in [0.05, 0.1) is 4.92 Å². The van der Waals surface area contributed by atoms with Gasteiger partial charge in [-0.1, -0.05) is 20.8 Å². The summed E-state index contributed by atoms with van der Waals surface area (Å²) in [5, 5.41) is 23.9. The van der Waals surface area contributed by atoms with Crippen LogP contribution in [0.2, 0.25) is 0 Å². The molecule has 0 aromatic heterocycles. The number of hydrogen-bond donors (Lipinski definition) is 2. The minimum absolute atomic E-state index is 0. The Balaban J connectivity index is 0.00000529. The summed E-state index contributed by atoms with van der Waals surface area (Å²) in [5.74, 6) is 0.503. The van der Waals surface area contributed by atoms with Crippen LogP contribution in [0.15, 0.2) is 24.3 Å². The first kappa shape index (κ1) is 22.6. The number of nitrogens with zero attached hydrogens (tertiary/aromatic N) is 1. The van der Waals surface area contributed by atoms with E-state index in [2.05, 4.69) is 39.9 Å². The van der Waals surface area contributed by atoms with E-state index in [0.717, 1.165) is 6.42 Å². The Morgan fingerprint density at radius 1 is 1.21 bits per heavy atom. The predicted octanol–water partition coefficient (Wildman–Crippen LogP) is 3.56. The maximum Gasteiger partial charge on any atom is 0.269 e. The second kappa shape index (κ2) is 9.20. The Bertz CT molecular complexity index is 512. The number of halogens is 1. The molecule has 1 atom stereocenters. The lowest BCUT2D eigenvalue weighted by Gasteiger charge is -2.34. The van der Waals surface area contributed by atoms with E-state index in [-0.39, 0.29) is 35.7 Å². The molecule has 0 amide bonds. The average molecular weight is 361 g/mol. The molecule has 0 fully saturated rings. The number of aliphatic hydroxyl groups is 1. The Hall–Kier alpha value is -1.37. The maximum atomic E-state index is 10.6. The quantitative estimate of drug-likeness (QED) is 0.547. The van der Waals surface area contributed by atoms with E-state index in [1.54, 1.807) is 0 Å². The summed E-state index contributed by atoms with van der Waals surface area (Å²) in [5.41, 5.74) is 0.145. The van der Waals surface area contributed by atoms with Crippen molar-refractivity contribution in [1.29, 1.82) is 0 Å². The van der Waals surface area contributed by atoms with Gasteiger partial charge in [-0.15, -0.1) is 12.4 Å². The van der Waals surface area contributed by atoms with Crippen LogP contribution in [0.3, 0.4) is 0 Å². The number of nitrogens with one attached hydrogen (secondary N) is 1. The van der Waals surface area contributed by atoms with E-state index in [0.29, 0.717) is 12.3 Å². The molecule has 0 aliphatic carbocycles. The van der Waals surface area contributed by atoms with Crippen LogP contribution in [0, 0.1) is 15.5 Å². The van der Waals surface area contributed by atoms with Crippen molar-refractivity contribution in [3.63, 3.8) is 0 Å². The van der Waals surface area contributed by atoms with Gasteiger partial charge in [0.15, 0.2) is 0 Å². The van der Waals surface area contributed by atoms with Gasteiger partial charge >= 0.3 is 0 Å². The zero-order valence-corrected chi connectivity index (χ0v) is 15.9.